The maximum absolute atomic E-state index is 10.4. The lowest BCUT2D eigenvalue weighted by Crippen LogP contribution is -2.44. The fourth-order valence-electron chi connectivity index (χ4n) is 3.04. The van der Waals surface area contributed by atoms with Crippen LogP contribution in [0.25, 0.3) is 11.2 Å². The van der Waals surface area contributed by atoms with Gasteiger partial charge in [-0.05, 0) is 0 Å². The molecule has 0 spiro atoms. The first kappa shape index (κ1) is 12.9. The lowest BCUT2D eigenvalue weighted by molar-refractivity contribution is -0.188. The number of ether oxygens (including phenoxy) is 3. The summed E-state index contributed by atoms with van der Waals surface area (Å²) in [6.07, 6.45) is 1.15. The van der Waals surface area contributed by atoms with Crippen LogP contribution in [0.2, 0.25) is 0 Å². The van der Waals surface area contributed by atoms with Crippen molar-refractivity contribution in [1.82, 2.24) is 19.5 Å². The number of imidazole rings is 1. The highest BCUT2D eigenvalue weighted by molar-refractivity contribution is 5.81. The lowest BCUT2D eigenvalue weighted by Gasteiger charge is -2.30. The lowest BCUT2D eigenvalue weighted by atomic mass is 10.0. The number of aliphatic hydroxyl groups excluding tert-OH is 1. The van der Waals surface area contributed by atoms with Gasteiger partial charge in [0.05, 0.1) is 19.5 Å². The van der Waals surface area contributed by atoms with E-state index in [2.05, 4.69) is 15.0 Å². The smallest absolute Gasteiger partial charge is 0.167 e. The average molecular weight is 293 g/mol. The van der Waals surface area contributed by atoms with Crippen molar-refractivity contribution >= 4 is 17.0 Å². The van der Waals surface area contributed by atoms with Crippen molar-refractivity contribution in [3.63, 3.8) is 0 Å². The Labute approximate surface area is 119 Å². The Morgan fingerprint density at radius 2 is 2.38 bits per heavy atom. The van der Waals surface area contributed by atoms with E-state index in [1.165, 1.54) is 6.33 Å². The van der Waals surface area contributed by atoms with Gasteiger partial charge in [-0.1, -0.05) is 0 Å². The van der Waals surface area contributed by atoms with Gasteiger partial charge in [0, 0.05) is 7.11 Å². The average Bonchev–Trinajstić information content (AvgIpc) is 3.10. The SMILES string of the molecule is COCC12COC(C(n3cnc4c(N)ncnc43)O1)[C@H]2O. The molecular formula is C12H15N5O4. The molecule has 2 aromatic heterocycles. The number of rotatable bonds is 3. The predicted octanol–water partition coefficient (Wildman–Crippen LogP) is -0.918. The maximum atomic E-state index is 10.4. The molecule has 9 heteroatoms. The molecule has 4 rings (SSSR count). The van der Waals surface area contributed by atoms with Crippen LogP contribution < -0.4 is 5.73 Å². The molecule has 4 atom stereocenters. The molecule has 3 N–H and O–H groups in total. The summed E-state index contributed by atoms with van der Waals surface area (Å²) in [5, 5.41) is 10.4. The third-order valence-corrected chi connectivity index (χ3v) is 4.06. The second-order valence-corrected chi connectivity index (χ2v) is 5.31. The summed E-state index contributed by atoms with van der Waals surface area (Å²) >= 11 is 0. The number of methoxy groups -OCH3 is 1. The van der Waals surface area contributed by atoms with Gasteiger partial charge in [-0.15, -0.1) is 0 Å². The monoisotopic (exact) mass is 293 g/mol. The first-order valence-corrected chi connectivity index (χ1v) is 6.56. The molecule has 3 unspecified atom stereocenters. The van der Waals surface area contributed by atoms with E-state index in [1.807, 2.05) is 0 Å². The van der Waals surface area contributed by atoms with Crippen molar-refractivity contribution in [3.8, 4) is 0 Å². The van der Waals surface area contributed by atoms with Crippen LogP contribution in [0.3, 0.4) is 0 Å². The molecule has 4 heterocycles. The molecule has 0 radical (unpaired) electrons. The van der Waals surface area contributed by atoms with Crippen LogP contribution in [-0.4, -0.2) is 62.8 Å². The quantitative estimate of drug-likeness (QED) is 0.746. The van der Waals surface area contributed by atoms with E-state index in [0.717, 1.165) is 0 Å². The van der Waals surface area contributed by atoms with Crippen LogP contribution in [0, 0.1) is 0 Å². The zero-order valence-corrected chi connectivity index (χ0v) is 11.3. The van der Waals surface area contributed by atoms with E-state index in [0.29, 0.717) is 23.6 Å². The Kier molecular flexibility index (Phi) is 2.67. The van der Waals surface area contributed by atoms with Gasteiger partial charge in [0.2, 0.25) is 0 Å². The molecule has 2 aliphatic heterocycles. The Bertz CT molecular complexity index is 691. The number of aromatic nitrogens is 4. The van der Waals surface area contributed by atoms with Crippen molar-refractivity contribution in [3.05, 3.63) is 12.7 Å². The van der Waals surface area contributed by atoms with Crippen LogP contribution in [0.4, 0.5) is 5.82 Å². The summed E-state index contributed by atoms with van der Waals surface area (Å²) in [7, 11) is 1.56. The summed E-state index contributed by atoms with van der Waals surface area (Å²) in [4.78, 5) is 12.3. The first-order chi connectivity index (χ1) is 10.2. The Morgan fingerprint density at radius 1 is 1.52 bits per heavy atom. The van der Waals surface area contributed by atoms with Gasteiger partial charge in [-0.2, -0.15) is 0 Å². The summed E-state index contributed by atoms with van der Waals surface area (Å²) in [6, 6.07) is 0. The second kappa shape index (κ2) is 4.34. The number of hydrogen-bond acceptors (Lipinski definition) is 8. The van der Waals surface area contributed by atoms with Gasteiger partial charge < -0.3 is 25.1 Å². The molecule has 0 aliphatic carbocycles. The largest absolute Gasteiger partial charge is 0.387 e. The molecular weight excluding hydrogens is 278 g/mol. The minimum Gasteiger partial charge on any atom is -0.387 e. The maximum Gasteiger partial charge on any atom is 0.167 e. The Hall–Kier alpha value is -1.81. The number of anilines is 1. The molecule has 112 valence electrons. The number of hydrogen-bond donors (Lipinski definition) is 2. The van der Waals surface area contributed by atoms with E-state index in [9.17, 15) is 5.11 Å². The van der Waals surface area contributed by atoms with Crippen LogP contribution in [0.1, 0.15) is 6.23 Å². The number of aliphatic hydroxyl groups is 1. The number of fused-ring (bicyclic) bond motifs is 3. The van der Waals surface area contributed by atoms with E-state index < -0.39 is 24.0 Å². The van der Waals surface area contributed by atoms with Gasteiger partial charge in [-0.25, -0.2) is 15.0 Å². The highest BCUT2D eigenvalue weighted by Crippen LogP contribution is 2.45. The zero-order chi connectivity index (χ0) is 14.6. The van der Waals surface area contributed by atoms with Gasteiger partial charge in [0.1, 0.15) is 29.7 Å². The molecule has 2 bridgehead atoms. The molecule has 2 fully saturated rings. The standard InChI is InChI=1S/C12H15N5O4/c1-19-2-12-3-20-7(8(12)18)11(21-12)17-5-16-6-9(13)14-4-15-10(6)17/h4-5,7-8,11,18H,2-3H2,1H3,(H2,13,14,15)/t7?,8-,11?,12?/m1/s1. The first-order valence-electron chi connectivity index (χ1n) is 6.56. The third kappa shape index (κ3) is 1.62. The van der Waals surface area contributed by atoms with E-state index in [4.69, 9.17) is 19.9 Å². The van der Waals surface area contributed by atoms with Gasteiger partial charge in [0.15, 0.2) is 17.7 Å². The number of nitrogens with zero attached hydrogens (tertiary/aromatic N) is 4. The fourth-order valence-corrected chi connectivity index (χ4v) is 3.04. The summed E-state index contributed by atoms with van der Waals surface area (Å²) in [5.41, 5.74) is 5.97. The number of nitrogen functional groups attached to an aromatic ring is 1. The molecule has 0 aromatic carbocycles. The minimum atomic E-state index is -0.848. The highest BCUT2D eigenvalue weighted by Gasteiger charge is 2.62. The van der Waals surface area contributed by atoms with Crippen LogP contribution in [0.15, 0.2) is 12.7 Å². The number of nitrogens with two attached hydrogens (primary N) is 1. The molecule has 2 aromatic rings. The van der Waals surface area contributed by atoms with E-state index in [1.54, 1.807) is 18.0 Å². The fraction of sp³-hybridized carbons (Fsp3) is 0.583. The Balaban J connectivity index is 1.76. The van der Waals surface area contributed by atoms with E-state index >= 15 is 0 Å². The van der Waals surface area contributed by atoms with Gasteiger partial charge in [0.25, 0.3) is 0 Å². The molecule has 0 amide bonds. The van der Waals surface area contributed by atoms with Gasteiger partial charge >= 0.3 is 0 Å². The molecule has 21 heavy (non-hydrogen) atoms. The van der Waals surface area contributed by atoms with Crippen molar-refractivity contribution in [2.45, 2.75) is 24.0 Å². The topological polar surface area (TPSA) is 118 Å². The molecule has 2 saturated heterocycles. The van der Waals surface area contributed by atoms with E-state index in [-0.39, 0.29) is 6.61 Å². The van der Waals surface area contributed by atoms with Crippen LogP contribution >= 0.6 is 0 Å². The van der Waals surface area contributed by atoms with Crippen LogP contribution in [0.5, 0.6) is 0 Å². The second-order valence-electron chi connectivity index (χ2n) is 5.31. The molecule has 0 saturated carbocycles. The summed E-state index contributed by atoms with van der Waals surface area (Å²) in [5.74, 6) is 0.301. The minimum absolute atomic E-state index is 0.255. The molecule has 9 nitrogen and oxygen atoms in total. The summed E-state index contributed by atoms with van der Waals surface area (Å²) in [6.45, 7) is 0.553. The zero-order valence-electron chi connectivity index (χ0n) is 11.3. The Morgan fingerprint density at radius 3 is 3.19 bits per heavy atom. The van der Waals surface area contributed by atoms with Crippen molar-refractivity contribution in [2.75, 3.05) is 26.1 Å². The van der Waals surface area contributed by atoms with Crippen molar-refractivity contribution in [2.24, 2.45) is 0 Å². The summed E-state index contributed by atoms with van der Waals surface area (Å²) < 4.78 is 18.5. The third-order valence-electron chi connectivity index (χ3n) is 4.06. The normalized spacial score (nSPS) is 34.9. The van der Waals surface area contributed by atoms with Gasteiger partial charge in [-0.3, -0.25) is 4.57 Å². The van der Waals surface area contributed by atoms with Crippen LogP contribution in [-0.2, 0) is 14.2 Å². The predicted molar refractivity (Wildman–Crippen MR) is 70.2 cm³/mol. The highest BCUT2D eigenvalue weighted by atomic mass is 16.7. The van der Waals surface area contributed by atoms with Crippen molar-refractivity contribution in [1.29, 1.82) is 0 Å². The van der Waals surface area contributed by atoms with Crippen molar-refractivity contribution < 1.29 is 19.3 Å². The molecule has 2 aliphatic rings.